The third-order valence-corrected chi connectivity index (χ3v) is 5.37. The van der Waals surface area contributed by atoms with Crippen molar-refractivity contribution in [1.29, 1.82) is 0 Å². The third kappa shape index (κ3) is 4.16. The average molecular weight is 436 g/mol. The highest BCUT2D eigenvalue weighted by atomic mass is 79.9. The molecule has 0 radical (unpaired) electrons. The van der Waals surface area contributed by atoms with Crippen LogP contribution >= 0.6 is 15.9 Å². The summed E-state index contributed by atoms with van der Waals surface area (Å²) >= 11 is 3.15. The van der Waals surface area contributed by atoms with E-state index in [9.17, 15) is 14.7 Å². The Kier molecular flexibility index (Phi) is 5.84. The molecule has 7 nitrogen and oxygen atoms in total. The zero-order valence-corrected chi connectivity index (χ0v) is 16.6. The molecular formula is C19H22BrN3O4. The lowest BCUT2D eigenvalue weighted by atomic mass is 9.93. The van der Waals surface area contributed by atoms with Crippen LogP contribution in [0.25, 0.3) is 10.9 Å². The molecule has 0 spiro atoms. The maximum absolute atomic E-state index is 11.5. The van der Waals surface area contributed by atoms with Crippen LogP contribution in [-0.4, -0.2) is 39.4 Å². The van der Waals surface area contributed by atoms with Gasteiger partial charge in [-0.1, -0.05) is 22.0 Å². The van der Waals surface area contributed by atoms with E-state index < -0.39 is 5.97 Å². The SMILES string of the molecule is Cc1nc2cccc(OC3CCC(NC(=O)CBr)CC3)c2c(N)c1C(=O)O. The van der Waals surface area contributed by atoms with E-state index in [0.717, 1.165) is 25.7 Å². The number of aryl methyl sites for hydroxylation is 1. The summed E-state index contributed by atoms with van der Waals surface area (Å²) in [5.41, 5.74) is 7.36. The molecular weight excluding hydrogens is 414 g/mol. The first-order valence-electron chi connectivity index (χ1n) is 8.84. The first-order chi connectivity index (χ1) is 12.9. The number of pyridine rings is 1. The number of fused-ring (bicyclic) bond motifs is 1. The number of rotatable bonds is 5. The number of ether oxygens (including phenoxy) is 1. The van der Waals surface area contributed by atoms with Crippen LogP contribution in [0.4, 0.5) is 5.69 Å². The second-order valence-electron chi connectivity index (χ2n) is 6.73. The fourth-order valence-electron chi connectivity index (χ4n) is 3.58. The van der Waals surface area contributed by atoms with Gasteiger partial charge in [-0.05, 0) is 44.7 Å². The monoisotopic (exact) mass is 435 g/mol. The van der Waals surface area contributed by atoms with Gasteiger partial charge in [0.25, 0.3) is 0 Å². The number of aromatic nitrogens is 1. The summed E-state index contributed by atoms with van der Waals surface area (Å²) in [5.74, 6) is -0.561. The molecule has 3 rings (SSSR count). The highest BCUT2D eigenvalue weighted by Gasteiger charge is 2.25. The highest BCUT2D eigenvalue weighted by Crippen LogP contribution is 2.35. The minimum atomic E-state index is -1.10. The molecule has 8 heteroatoms. The number of hydrogen-bond donors (Lipinski definition) is 3. The van der Waals surface area contributed by atoms with Crippen molar-refractivity contribution in [2.24, 2.45) is 0 Å². The summed E-state index contributed by atoms with van der Waals surface area (Å²) < 4.78 is 6.17. The van der Waals surface area contributed by atoms with Gasteiger partial charge in [-0.3, -0.25) is 9.78 Å². The van der Waals surface area contributed by atoms with Gasteiger partial charge in [0.15, 0.2) is 0 Å². The summed E-state index contributed by atoms with van der Waals surface area (Å²) in [5, 5.41) is 13.3. The quantitative estimate of drug-likeness (QED) is 0.621. The van der Waals surface area contributed by atoms with E-state index in [1.165, 1.54) is 0 Å². The van der Waals surface area contributed by atoms with Crippen molar-refractivity contribution in [2.45, 2.75) is 44.8 Å². The van der Waals surface area contributed by atoms with Crippen molar-refractivity contribution < 1.29 is 19.4 Å². The van der Waals surface area contributed by atoms with Crippen LogP contribution in [0.3, 0.4) is 0 Å². The smallest absolute Gasteiger partial charge is 0.339 e. The van der Waals surface area contributed by atoms with E-state index >= 15 is 0 Å². The van der Waals surface area contributed by atoms with Crippen molar-refractivity contribution in [2.75, 3.05) is 11.1 Å². The molecule has 1 saturated carbocycles. The fourth-order valence-corrected chi connectivity index (χ4v) is 3.74. The first-order valence-corrected chi connectivity index (χ1v) is 9.97. The number of anilines is 1. The first kappa shape index (κ1) is 19.4. The van der Waals surface area contributed by atoms with Crippen LogP contribution in [0.5, 0.6) is 5.75 Å². The minimum Gasteiger partial charge on any atom is -0.490 e. The molecule has 0 saturated heterocycles. The maximum atomic E-state index is 11.5. The zero-order chi connectivity index (χ0) is 19.6. The summed E-state index contributed by atoms with van der Waals surface area (Å²) in [6.07, 6.45) is 3.26. The Morgan fingerprint density at radius 3 is 2.67 bits per heavy atom. The Morgan fingerprint density at radius 1 is 1.33 bits per heavy atom. The number of amides is 1. The molecule has 2 aromatic rings. The van der Waals surface area contributed by atoms with Gasteiger partial charge in [-0.25, -0.2) is 4.79 Å². The lowest BCUT2D eigenvalue weighted by Crippen LogP contribution is -2.40. The number of carbonyl (C=O) groups excluding carboxylic acids is 1. The Labute approximate surface area is 165 Å². The van der Waals surface area contributed by atoms with Crippen LogP contribution in [0.2, 0.25) is 0 Å². The van der Waals surface area contributed by atoms with Gasteiger partial charge >= 0.3 is 5.97 Å². The second kappa shape index (κ2) is 8.12. The van der Waals surface area contributed by atoms with E-state index in [1.807, 2.05) is 6.07 Å². The normalized spacial score (nSPS) is 19.6. The molecule has 1 aliphatic carbocycles. The number of alkyl halides is 1. The van der Waals surface area contributed by atoms with Gasteiger partial charge < -0.3 is 20.9 Å². The lowest BCUT2D eigenvalue weighted by Gasteiger charge is -2.30. The molecule has 1 aromatic heterocycles. The number of nitrogen functional groups attached to an aromatic ring is 1. The molecule has 0 bridgehead atoms. The predicted octanol–water partition coefficient (Wildman–Crippen LogP) is 3.02. The van der Waals surface area contributed by atoms with Crippen molar-refractivity contribution in [3.63, 3.8) is 0 Å². The number of carboxylic acids is 1. The predicted molar refractivity (Wildman–Crippen MR) is 106 cm³/mol. The van der Waals surface area contributed by atoms with Gasteiger partial charge in [0.2, 0.25) is 5.91 Å². The van der Waals surface area contributed by atoms with Gasteiger partial charge in [0.05, 0.1) is 33.7 Å². The number of carboxylic acid groups (broad SMARTS) is 1. The number of nitrogens with one attached hydrogen (secondary N) is 1. The summed E-state index contributed by atoms with van der Waals surface area (Å²) in [6, 6.07) is 5.57. The third-order valence-electron chi connectivity index (χ3n) is 4.86. The Morgan fingerprint density at radius 2 is 2.04 bits per heavy atom. The van der Waals surface area contributed by atoms with Crippen molar-refractivity contribution in [3.05, 3.63) is 29.5 Å². The summed E-state index contributed by atoms with van der Waals surface area (Å²) in [4.78, 5) is 27.4. The largest absolute Gasteiger partial charge is 0.490 e. The second-order valence-corrected chi connectivity index (χ2v) is 7.29. The molecule has 0 unspecified atom stereocenters. The Balaban J connectivity index is 1.81. The van der Waals surface area contributed by atoms with E-state index in [4.69, 9.17) is 10.5 Å². The van der Waals surface area contributed by atoms with Gasteiger partial charge in [-0.2, -0.15) is 0 Å². The molecule has 0 aliphatic heterocycles. The maximum Gasteiger partial charge on any atom is 0.339 e. The fraction of sp³-hybridized carbons (Fsp3) is 0.421. The van der Waals surface area contributed by atoms with Crippen LogP contribution in [0.1, 0.15) is 41.7 Å². The molecule has 1 aromatic carbocycles. The molecule has 1 aliphatic rings. The molecule has 1 fully saturated rings. The average Bonchev–Trinajstić information content (AvgIpc) is 2.62. The zero-order valence-electron chi connectivity index (χ0n) is 15.0. The molecule has 0 atom stereocenters. The van der Waals surface area contributed by atoms with Crippen molar-refractivity contribution >= 4 is 44.4 Å². The minimum absolute atomic E-state index is 0.0103. The van der Waals surface area contributed by atoms with Crippen LogP contribution in [0.15, 0.2) is 18.2 Å². The van der Waals surface area contributed by atoms with Gasteiger partial charge in [-0.15, -0.1) is 0 Å². The number of aromatic carboxylic acids is 1. The van der Waals surface area contributed by atoms with Crippen LogP contribution < -0.4 is 15.8 Å². The molecule has 4 N–H and O–H groups in total. The van der Waals surface area contributed by atoms with Gasteiger partial charge in [0, 0.05) is 6.04 Å². The van der Waals surface area contributed by atoms with Crippen LogP contribution in [-0.2, 0) is 4.79 Å². The van der Waals surface area contributed by atoms with Crippen molar-refractivity contribution in [1.82, 2.24) is 10.3 Å². The number of nitrogens with zero attached hydrogens (tertiary/aromatic N) is 1. The van der Waals surface area contributed by atoms with Crippen molar-refractivity contribution in [3.8, 4) is 5.75 Å². The van der Waals surface area contributed by atoms with E-state index in [1.54, 1.807) is 19.1 Å². The Hall–Kier alpha value is -2.35. The highest BCUT2D eigenvalue weighted by molar-refractivity contribution is 9.09. The van der Waals surface area contributed by atoms with E-state index in [2.05, 4.69) is 26.2 Å². The number of hydrogen-bond acceptors (Lipinski definition) is 5. The summed E-state index contributed by atoms with van der Waals surface area (Å²) in [6.45, 7) is 1.63. The molecule has 1 amide bonds. The molecule has 144 valence electrons. The van der Waals surface area contributed by atoms with Gasteiger partial charge in [0.1, 0.15) is 11.3 Å². The number of benzene rings is 1. The topological polar surface area (TPSA) is 115 Å². The number of carbonyl (C=O) groups is 2. The number of halogens is 1. The number of nitrogens with two attached hydrogens (primary N) is 1. The van der Waals surface area contributed by atoms with E-state index in [0.29, 0.717) is 27.7 Å². The van der Waals surface area contributed by atoms with E-state index in [-0.39, 0.29) is 29.3 Å². The summed E-state index contributed by atoms with van der Waals surface area (Å²) in [7, 11) is 0. The molecule has 27 heavy (non-hydrogen) atoms. The standard InChI is InChI=1S/C19H22BrN3O4/c1-10-16(19(25)26)18(21)17-13(22-10)3-2-4-14(17)27-12-7-5-11(6-8-12)23-15(24)9-20/h2-4,11-12H,5-9H2,1H3,(H2,21,22)(H,23,24)(H,25,26). The molecule has 1 heterocycles. The lowest BCUT2D eigenvalue weighted by molar-refractivity contribution is -0.119. The van der Waals surface area contributed by atoms with Crippen LogP contribution in [0, 0.1) is 6.92 Å². The Bertz CT molecular complexity index is 879.